The minimum atomic E-state index is -1.35. The third kappa shape index (κ3) is 2.70. The molecule has 6 heteroatoms. The highest BCUT2D eigenvalue weighted by Crippen LogP contribution is 2.66. The van der Waals surface area contributed by atoms with Crippen LogP contribution in [0.3, 0.4) is 0 Å². The first-order valence-electron chi connectivity index (χ1n) is 12.1. The third-order valence-corrected chi connectivity index (χ3v) is 8.14. The van der Waals surface area contributed by atoms with Gasteiger partial charge in [-0.05, 0) is 16.7 Å². The summed E-state index contributed by atoms with van der Waals surface area (Å²) in [5.41, 5.74) is 2.11. The van der Waals surface area contributed by atoms with Crippen LogP contribution in [0.1, 0.15) is 28.8 Å². The number of likely N-dealkylation sites (N-methyl/N-ethyl adjacent to an activating group) is 1. The maximum absolute atomic E-state index is 14.6. The molecule has 3 aromatic carbocycles. The molecule has 6 rings (SSSR count). The van der Waals surface area contributed by atoms with Crippen molar-refractivity contribution in [2.24, 2.45) is 11.3 Å². The largest absolute Gasteiger partial charge is 0.337 e. The van der Waals surface area contributed by atoms with Gasteiger partial charge in [0.15, 0.2) is 0 Å². The molecule has 4 atom stereocenters. The van der Waals surface area contributed by atoms with E-state index in [9.17, 15) is 14.4 Å². The lowest BCUT2D eigenvalue weighted by atomic mass is 9.60. The Bertz CT molecular complexity index is 1400. The Balaban J connectivity index is 1.72. The maximum Gasteiger partial charge on any atom is 0.253 e. The van der Waals surface area contributed by atoms with E-state index in [4.69, 9.17) is 0 Å². The number of carbonyl (C=O) groups excluding carboxylic acids is 3. The molecular weight excluding hydrogens is 450 g/mol. The highest BCUT2D eigenvalue weighted by atomic mass is 16.2. The summed E-state index contributed by atoms with van der Waals surface area (Å²) in [5, 5.41) is 0. The van der Waals surface area contributed by atoms with E-state index in [1.807, 2.05) is 91.0 Å². The van der Waals surface area contributed by atoms with Gasteiger partial charge in [-0.25, -0.2) is 0 Å². The number of piperidine rings is 1. The fourth-order valence-electron chi connectivity index (χ4n) is 6.72. The zero-order chi connectivity index (χ0) is 25.2. The first-order valence-corrected chi connectivity index (χ1v) is 12.1. The number of hydrogen-bond donors (Lipinski definition) is 0. The SMILES string of the molecule is CN1C(=O)[C@]23C(=C1c1ccccc1)C(=O)N(C)[C@H](c1ccccc1)[C@H]2C(=O)N(C)[C@H]3c1ccccc1. The molecular formula is C30H27N3O3. The van der Waals surface area contributed by atoms with Gasteiger partial charge in [-0.15, -0.1) is 0 Å². The Morgan fingerprint density at radius 2 is 1.19 bits per heavy atom. The zero-order valence-electron chi connectivity index (χ0n) is 20.5. The molecule has 0 radical (unpaired) electrons. The lowest BCUT2D eigenvalue weighted by Crippen LogP contribution is -2.56. The van der Waals surface area contributed by atoms with Crippen LogP contribution in [0.4, 0.5) is 0 Å². The highest BCUT2D eigenvalue weighted by Gasteiger charge is 2.74. The number of carbonyl (C=O) groups is 3. The van der Waals surface area contributed by atoms with E-state index in [2.05, 4.69) is 0 Å². The van der Waals surface area contributed by atoms with E-state index in [1.54, 1.807) is 35.8 Å². The second-order valence-corrected chi connectivity index (χ2v) is 9.83. The van der Waals surface area contributed by atoms with E-state index < -0.39 is 23.4 Å². The van der Waals surface area contributed by atoms with Crippen molar-refractivity contribution < 1.29 is 14.4 Å². The Hall–Kier alpha value is -4.19. The van der Waals surface area contributed by atoms with Gasteiger partial charge < -0.3 is 14.7 Å². The molecule has 0 unspecified atom stereocenters. The number of nitrogens with zero attached hydrogens (tertiary/aromatic N) is 3. The van der Waals surface area contributed by atoms with E-state index >= 15 is 0 Å². The average molecular weight is 478 g/mol. The van der Waals surface area contributed by atoms with Gasteiger partial charge in [0, 0.05) is 21.1 Å². The molecule has 3 aliphatic rings. The summed E-state index contributed by atoms with van der Waals surface area (Å²) in [5.74, 6) is -1.33. The summed E-state index contributed by atoms with van der Waals surface area (Å²) in [6.07, 6.45) is 0. The van der Waals surface area contributed by atoms with Gasteiger partial charge in [-0.3, -0.25) is 14.4 Å². The lowest BCUT2D eigenvalue weighted by molar-refractivity contribution is -0.150. The summed E-state index contributed by atoms with van der Waals surface area (Å²) in [6.45, 7) is 0. The van der Waals surface area contributed by atoms with E-state index in [-0.39, 0.29) is 17.7 Å². The van der Waals surface area contributed by atoms with Crippen LogP contribution >= 0.6 is 0 Å². The van der Waals surface area contributed by atoms with Gasteiger partial charge in [0.1, 0.15) is 5.41 Å². The van der Waals surface area contributed by atoms with Crippen LogP contribution in [0.2, 0.25) is 0 Å². The first-order chi connectivity index (χ1) is 17.4. The Labute approximate surface area is 210 Å². The maximum atomic E-state index is 14.6. The zero-order valence-corrected chi connectivity index (χ0v) is 20.5. The molecule has 2 fully saturated rings. The first kappa shape index (κ1) is 22.3. The molecule has 0 bridgehead atoms. The van der Waals surface area contributed by atoms with Crippen LogP contribution in [0.5, 0.6) is 0 Å². The van der Waals surface area contributed by atoms with Crippen LogP contribution in [0.25, 0.3) is 5.70 Å². The van der Waals surface area contributed by atoms with E-state index in [0.717, 1.165) is 16.7 Å². The number of benzene rings is 3. The molecule has 180 valence electrons. The van der Waals surface area contributed by atoms with Crippen molar-refractivity contribution in [2.45, 2.75) is 12.1 Å². The summed E-state index contributed by atoms with van der Waals surface area (Å²) < 4.78 is 0. The van der Waals surface area contributed by atoms with Crippen molar-refractivity contribution in [3.05, 3.63) is 113 Å². The fourth-order valence-corrected chi connectivity index (χ4v) is 6.72. The van der Waals surface area contributed by atoms with Crippen LogP contribution < -0.4 is 0 Å². The number of likely N-dealkylation sites (tertiary alicyclic amines) is 2. The second-order valence-electron chi connectivity index (χ2n) is 9.83. The average Bonchev–Trinajstić information content (AvgIpc) is 3.28. The number of amides is 3. The van der Waals surface area contributed by atoms with Crippen molar-refractivity contribution in [1.29, 1.82) is 0 Å². The van der Waals surface area contributed by atoms with Crippen LogP contribution in [-0.2, 0) is 14.4 Å². The normalized spacial score (nSPS) is 27.6. The molecule has 36 heavy (non-hydrogen) atoms. The van der Waals surface area contributed by atoms with Crippen molar-refractivity contribution in [1.82, 2.24) is 14.7 Å². The summed E-state index contributed by atoms with van der Waals surface area (Å²) in [6, 6.07) is 27.5. The van der Waals surface area contributed by atoms with Gasteiger partial charge in [-0.2, -0.15) is 0 Å². The Morgan fingerprint density at radius 1 is 0.667 bits per heavy atom. The van der Waals surface area contributed by atoms with Gasteiger partial charge in [0.2, 0.25) is 11.8 Å². The third-order valence-electron chi connectivity index (χ3n) is 8.14. The van der Waals surface area contributed by atoms with Crippen molar-refractivity contribution >= 4 is 23.4 Å². The predicted molar refractivity (Wildman–Crippen MR) is 136 cm³/mol. The van der Waals surface area contributed by atoms with Crippen molar-refractivity contribution in [2.75, 3.05) is 21.1 Å². The second kappa shape index (κ2) is 7.92. The molecule has 0 N–H and O–H groups in total. The van der Waals surface area contributed by atoms with Gasteiger partial charge in [0.05, 0.1) is 29.3 Å². The van der Waals surface area contributed by atoms with Gasteiger partial charge in [0.25, 0.3) is 5.91 Å². The molecule has 1 spiro atoms. The Kier molecular flexibility index (Phi) is 4.90. The molecule has 3 aliphatic heterocycles. The van der Waals surface area contributed by atoms with Crippen LogP contribution in [0.15, 0.2) is 96.6 Å². The minimum Gasteiger partial charge on any atom is -0.337 e. The molecule has 3 amide bonds. The van der Waals surface area contributed by atoms with Crippen molar-refractivity contribution in [3.63, 3.8) is 0 Å². The fraction of sp³-hybridized carbons (Fsp3) is 0.233. The molecule has 0 saturated carbocycles. The topological polar surface area (TPSA) is 60.9 Å². The monoisotopic (exact) mass is 477 g/mol. The minimum absolute atomic E-state index is 0.134. The number of rotatable bonds is 3. The predicted octanol–water partition coefficient (Wildman–Crippen LogP) is 3.90. The molecule has 3 aromatic rings. The number of hydrogen-bond acceptors (Lipinski definition) is 3. The Morgan fingerprint density at radius 3 is 1.78 bits per heavy atom. The van der Waals surface area contributed by atoms with E-state index in [1.165, 1.54) is 0 Å². The molecule has 0 aliphatic carbocycles. The summed E-state index contributed by atoms with van der Waals surface area (Å²) >= 11 is 0. The van der Waals surface area contributed by atoms with Gasteiger partial charge >= 0.3 is 0 Å². The van der Waals surface area contributed by atoms with Crippen molar-refractivity contribution in [3.8, 4) is 0 Å². The quantitative estimate of drug-likeness (QED) is 0.575. The van der Waals surface area contributed by atoms with Gasteiger partial charge in [-0.1, -0.05) is 91.0 Å². The molecule has 6 nitrogen and oxygen atoms in total. The summed E-state index contributed by atoms with van der Waals surface area (Å²) in [7, 11) is 5.22. The van der Waals surface area contributed by atoms with Crippen LogP contribution in [-0.4, -0.2) is 53.6 Å². The molecule has 0 aromatic heterocycles. The lowest BCUT2D eigenvalue weighted by Gasteiger charge is -2.46. The van der Waals surface area contributed by atoms with E-state index in [0.29, 0.717) is 11.3 Å². The van der Waals surface area contributed by atoms with Crippen LogP contribution in [0, 0.1) is 11.3 Å². The smallest absolute Gasteiger partial charge is 0.253 e. The summed E-state index contributed by atoms with van der Waals surface area (Å²) in [4.78, 5) is 48.0. The highest BCUT2D eigenvalue weighted by molar-refractivity contribution is 6.19. The molecule has 3 heterocycles. The standard InChI is InChI=1S/C30H27N3O3/c1-31-24(19-13-7-4-8-14-19)22-28(35)33(3)26(21-17-11-6-12-18-21)30(22)23(27(31)34)25(32(2)29(30)36)20-15-9-5-10-16-20/h4-18,22,24,26H,1-3H3/t22-,24+,26-,30-/m0/s1. The molecule has 2 saturated heterocycles.